The standard InChI is InChI=1S/C17H21BN2O4S/c1-16(2)17(3,4)24-18(23-16)13-9-12(10-20-11-13)14-7-5-6-8-15(14)25(19,21)22/h5-11H,1-4H3,(H2,19,21,22). The number of hydrogen-bond acceptors (Lipinski definition) is 5. The summed E-state index contributed by atoms with van der Waals surface area (Å²) < 4.78 is 35.8. The second kappa shape index (κ2) is 5.91. The highest BCUT2D eigenvalue weighted by atomic mass is 32.2. The molecule has 132 valence electrons. The zero-order valence-electron chi connectivity index (χ0n) is 14.7. The second-order valence-electron chi connectivity index (χ2n) is 7.14. The van der Waals surface area contributed by atoms with Gasteiger partial charge in [-0.2, -0.15) is 0 Å². The van der Waals surface area contributed by atoms with Crippen LogP contribution >= 0.6 is 0 Å². The highest BCUT2D eigenvalue weighted by Gasteiger charge is 2.51. The zero-order chi connectivity index (χ0) is 18.5. The van der Waals surface area contributed by atoms with Gasteiger partial charge in [-0.3, -0.25) is 4.98 Å². The predicted molar refractivity (Wildman–Crippen MR) is 96.8 cm³/mol. The average molecular weight is 360 g/mol. The van der Waals surface area contributed by atoms with Gasteiger partial charge in [-0.15, -0.1) is 0 Å². The third kappa shape index (κ3) is 3.35. The maximum Gasteiger partial charge on any atom is 0.496 e. The molecule has 1 aromatic heterocycles. The summed E-state index contributed by atoms with van der Waals surface area (Å²) in [5.74, 6) is 0. The highest BCUT2D eigenvalue weighted by Crippen LogP contribution is 2.36. The summed E-state index contributed by atoms with van der Waals surface area (Å²) in [6, 6.07) is 8.39. The summed E-state index contributed by atoms with van der Waals surface area (Å²) in [7, 11) is -4.41. The molecule has 1 aromatic carbocycles. The van der Waals surface area contributed by atoms with Crippen LogP contribution in [-0.2, 0) is 19.3 Å². The molecule has 2 heterocycles. The van der Waals surface area contributed by atoms with Crippen molar-refractivity contribution in [1.82, 2.24) is 4.98 Å². The molecule has 0 spiro atoms. The fraction of sp³-hybridized carbons (Fsp3) is 0.353. The summed E-state index contributed by atoms with van der Waals surface area (Å²) in [5.41, 5.74) is 0.923. The Bertz CT molecular complexity index is 896. The first-order valence-electron chi connectivity index (χ1n) is 7.94. The maximum atomic E-state index is 11.8. The molecular formula is C17H21BN2O4S. The van der Waals surface area contributed by atoms with Gasteiger partial charge in [-0.25, -0.2) is 13.6 Å². The van der Waals surface area contributed by atoms with Crippen molar-refractivity contribution in [3.8, 4) is 11.1 Å². The summed E-state index contributed by atoms with van der Waals surface area (Å²) >= 11 is 0. The fourth-order valence-electron chi connectivity index (χ4n) is 2.67. The summed E-state index contributed by atoms with van der Waals surface area (Å²) in [4.78, 5) is 4.29. The van der Waals surface area contributed by atoms with Gasteiger partial charge in [0, 0.05) is 29.0 Å². The molecular weight excluding hydrogens is 339 g/mol. The molecule has 0 aliphatic carbocycles. The Labute approximate surface area is 148 Å². The van der Waals surface area contributed by atoms with Crippen LogP contribution in [0.15, 0.2) is 47.6 Å². The van der Waals surface area contributed by atoms with Gasteiger partial charge < -0.3 is 9.31 Å². The number of aromatic nitrogens is 1. The Hall–Kier alpha value is -1.74. The van der Waals surface area contributed by atoms with Crippen molar-refractivity contribution in [2.45, 2.75) is 43.8 Å². The number of sulfonamides is 1. The molecule has 3 rings (SSSR count). The number of rotatable bonds is 3. The van der Waals surface area contributed by atoms with Crippen molar-refractivity contribution >= 4 is 22.6 Å². The summed E-state index contributed by atoms with van der Waals surface area (Å²) in [5, 5.41) is 5.33. The normalized spacial score (nSPS) is 19.2. The van der Waals surface area contributed by atoms with E-state index in [1.807, 2.05) is 33.8 Å². The van der Waals surface area contributed by atoms with Crippen LogP contribution in [0.2, 0.25) is 0 Å². The van der Waals surface area contributed by atoms with E-state index in [1.54, 1.807) is 30.6 Å². The van der Waals surface area contributed by atoms with Crippen molar-refractivity contribution in [3.05, 3.63) is 42.7 Å². The van der Waals surface area contributed by atoms with E-state index in [-0.39, 0.29) is 4.90 Å². The number of nitrogens with zero attached hydrogens (tertiary/aromatic N) is 1. The predicted octanol–water partition coefficient (Wildman–Crippen LogP) is 1.70. The van der Waals surface area contributed by atoms with Crippen LogP contribution in [0, 0.1) is 0 Å². The molecule has 0 bridgehead atoms. The lowest BCUT2D eigenvalue weighted by Gasteiger charge is -2.32. The highest BCUT2D eigenvalue weighted by molar-refractivity contribution is 7.89. The third-order valence-corrected chi connectivity index (χ3v) is 5.76. The smallest absolute Gasteiger partial charge is 0.399 e. The van der Waals surface area contributed by atoms with Gasteiger partial charge in [-0.05, 0) is 33.8 Å². The number of hydrogen-bond donors (Lipinski definition) is 1. The lowest BCUT2D eigenvalue weighted by atomic mass is 9.79. The van der Waals surface area contributed by atoms with Crippen LogP contribution in [0.25, 0.3) is 11.1 Å². The molecule has 6 nitrogen and oxygen atoms in total. The minimum Gasteiger partial charge on any atom is -0.399 e. The van der Waals surface area contributed by atoms with Crippen molar-refractivity contribution in [2.75, 3.05) is 0 Å². The quantitative estimate of drug-likeness (QED) is 0.842. The van der Waals surface area contributed by atoms with Crippen molar-refractivity contribution in [3.63, 3.8) is 0 Å². The number of primary sulfonamides is 1. The molecule has 25 heavy (non-hydrogen) atoms. The molecule has 2 aromatic rings. The minimum absolute atomic E-state index is 0.0582. The van der Waals surface area contributed by atoms with Crippen molar-refractivity contribution in [2.24, 2.45) is 5.14 Å². The Morgan fingerprint density at radius 3 is 2.24 bits per heavy atom. The van der Waals surface area contributed by atoms with E-state index in [1.165, 1.54) is 6.07 Å². The molecule has 0 unspecified atom stereocenters. The molecule has 8 heteroatoms. The molecule has 2 N–H and O–H groups in total. The van der Waals surface area contributed by atoms with Crippen LogP contribution < -0.4 is 10.6 Å². The van der Waals surface area contributed by atoms with E-state index in [0.717, 1.165) is 5.46 Å². The molecule has 0 radical (unpaired) electrons. The van der Waals surface area contributed by atoms with E-state index < -0.39 is 28.3 Å². The number of benzene rings is 1. The van der Waals surface area contributed by atoms with Crippen LogP contribution in [-0.4, -0.2) is 31.7 Å². The molecule has 1 saturated heterocycles. The number of nitrogens with two attached hydrogens (primary N) is 1. The van der Waals surface area contributed by atoms with Crippen molar-refractivity contribution < 1.29 is 17.7 Å². The average Bonchev–Trinajstić information content (AvgIpc) is 2.75. The van der Waals surface area contributed by atoms with Gasteiger partial charge in [-0.1, -0.05) is 24.3 Å². The zero-order valence-corrected chi connectivity index (χ0v) is 15.5. The monoisotopic (exact) mass is 360 g/mol. The minimum atomic E-state index is -3.84. The Morgan fingerprint density at radius 1 is 1.04 bits per heavy atom. The Kier molecular flexibility index (Phi) is 4.27. The van der Waals surface area contributed by atoms with Gasteiger partial charge in [0.05, 0.1) is 16.1 Å². The van der Waals surface area contributed by atoms with Gasteiger partial charge in [0.15, 0.2) is 0 Å². The van der Waals surface area contributed by atoms with Crippen LogP contribution in [0.4, 0.5) is 0 Å². The van der Waals surface area contributed by atoms with Gasteiger partial charge in [0.25, 0.3) is 0 Å². The molecule has 0 atom stereocenters. The largest absolute Gasteiger partial charge is 0.496 e. The molecule has 1 aliphatic rings. The van der Waals surface area contributed by atoms with E-state index >= 15 is 0 Å². The van der Waals surface area contributed by atoms with Gasteiger partial charge in [0.2, 0.25) is 10.0 Å². The second-order valence-corrected chi connectivity index (χ2v) is 8.67. The van der Waals surface area contributed by atoms with Gasteiger partial charge >= 0.3 is 7.12 Å². The molecule has 1 aliphatic heterocycles. The van der Waals surface area contributed by atoms with Gasteiger partial charge in [0.1, 0.15) is 0 Å². The SMILES string of the molecule is CC1(C)OB(c2cncc(-c3ccccc3S(N)(=O)=O)c2)OC1(C)C. The fourth-order valence-corrected chi connectivity index (χ4v) is 3.43. The summed E-state index contributed by atoms with van der Waals surface area (Å²) in [6.45, 7) is 7.89. The first kappa shape index (κ1) is 18.1. The topological polar surface area (TPSA) is 91.5 Å². The van der Waals surface area contributed by atoms with E-state index in [2.05, 4.69) is 4.98 Å². The lowest BCUT2D eigenvalue weighted by Crippen LogP contribution is -2.41. The number of pyridine rings is 1. The van der Waals surface area contributed by atoms with E-state index in [4.69, 9.17) is 14.4 Å². The van der Waals surface area contributed by atoms with E-state index in [0.29, 0.717) is 11.1 Å². The first-order chi connectivity index (χ1) is 11.5. The molecule has 1 fully saturated rings. The van der Waals surface area contributed by atoms with Crippen molar-refractivity contribution in [1.29, 1.82) is 0 Å². The Balaban J connectivity index is 2.03. The third-order valence-electron chi connectivity index (χ3n) is 4.79. The molecule has 0 amide bonds. The van der Waals surface area contributed by atoms with Crippen LogP contribution in [0.5, 0.6) is 0 Å². The molecule has 0 saturated carbocycles. The lowest BCUT2D eigenvalue weighted by molar-refractivity contribution is 0.00578. The van der Waals surface area contributed by atoms with Crippen LogP contribution in [0.1, 0.15) is 27.7 Å². The Morgan fingerprint density at radius 2 is 1.64 bits per heavy atom. The summed E-state index contributed by atoms with van der Waals surface area (Å²) in [6.07, 6.45) is 3.25. The van der Waals surface area contributed by atoms with E-state index in [9.17, 15) is 8.42 Å². The first-order valence-corrected chi connectivity index (χ1v) is 9.49. The maximum absolute atomic E-state index is 11.8. The van der Waals surface area contributed by atoms with Crippen LogP contribution in [0.3, 0.4) is 0 Å².